The largest absolute Gasteiger partial charge is 0.478 e. The molecule has 0 spiro atoms. The summed E-state index contributed by atoms with van der Waals surface area (Å²) in [5.74, 6) is -1.52. The van der Waals surface area contributed by atoms with Gasteiger partial charge < -0.3 is 19.3 Å². The number of amides is 2. The van der Waals surface area contributed by atoms with Gasteiger partial charge in [0.1, 0.15) is 17.0 Å². The molecule has 1 aliphatic carbocycles. The van der Waals surface area contributed by atoms with Crippen molar-refractivity contribution in [1.82, 2.24) is 10.6 Å². The van der Waals surface area contributed by atoms with Crippen molar-refractivity contribution in [2.45, 2.75) is 72.5 Å². The number of esters is 1. The maximum atomic E-state index is 12.9. The number of hydrogen-bond donors (Lipinski definition) is 3. The highest BCUT2D eigenvalue weighted by Crippen LogP contribution is 2.17. The number of rotatable bonds is 4. The van der Waals surface area contributed by atoms with E-state index in [-0.39, 0.29) is 11.5 Å². The number of nitrogens with one attached hydrogen (secondary N) is 2. The van der Waals surface area contributed by atoms with E-state index in [1.807, 2.05) is 13.0 Å². The predicted molar refractivity (Wildman–Crippen MR) is 161 cm³/mol. The van der Waals surface area contributed by atoms with Gasteiger partial charge in [-0.25, -0.2) is 24.2 Å². The molecule has 2 aromatic carbocycles. The lowest BCUT2D eigenvalue weighted by atomic mass is 9.99. The second-order valence-corrected chi connectivity index (χ2v) is 11.8. The van der Waals surface area contributed by atoms with E-state index in [1.165, 1.54) is 24.3 Å². The molecule has 0 heterocycles. The molecular weight excluding hydrogens is 554 g/mol. The maximum Gasteiger partial charge on any atom is 0.414 e. The summed E-state index contributed by atoms with van der Waals surface area (Å²) in [6, 6.07) is 11.2. The van der Waals surface area contributed by atoms with Gasteiger partial charge in [0.15, 0.2) is 0 Å². The van der Waals surface area contributed by atoms with Crippen LogP contribution in [-0.4, -0.2) is 46.4 Å². The second-order valence-electron chi connectivity index (χ2n) is 11.8. The Labute approximate surface area is 249 Å². The Hall–Kier alpha value is -4.93. The number of fused-ring (bicyclic) bond motifs is 1. The fourth-order valence-electron chi connectivity index (χ4n) is 3.89. The van der Waals surface area contributed by atoms with Crippen molar-refractivity contribution >= 4 is 47.4 Å². The fraction of sp³-hybridized carbons (Fsp3) is 0.344. The van der Waals surface area contributed by atoms with Crippen LogP contribution in [0.15, 0.2) is 59.1 Å². The second kappa shape index (κ2) is 13.4. The topological polar surface area (TPSA) is 153 Å². The molecule has 0 bridgehead atoms. The van der Waals surface area contributed by atoms with E-state index in [0.717, 1.165) is 16.0 Å². The molecule has 2 amide bonds. The van der Waals surface area contributed by atoms with Crippen molar-refractivity contribution in [2.75, 3.05) is 0 Å². The van der Waals surface area contributed by atoms with Crippen LogP contribution in [0.5, 0.6) is 5.75 Å². The van der Waals surface area contributed by atoms with Crippen LogP contribution in [0, 0.1) is 0 Å². The summed E-state index contributed by atoms with van der Waals surface area (Å²) in [6.45, 7) is 12.1. The first-order chi connectivity index (χ1) is 20.0. The Bertz CT molecular complexity index is 1560. The molecule has 1 aliphatic rings. The van der Waals surface area contributed by atoms with Crippen LogP contribution in [0.4, 0.5) is 15.3 Å². The summed E-state index contributed by atoms with van der Waals surface area (Å²) in [7, 11) is 0. The maximum absolute atomic E-state index is 12.9. The Morgan fingerprint density at radius 3 is 1.93 bits per heavy atom. The minimum atomic E-state index is -0.962. The molecule has 0 saturated carbocycles. The van der Waals surface area contributed by atoms with Crippen LogP contribution in [0.1, 0.15) is 71.7 Å². The molecule has 0 unspecified atom stereocenters. The molecule has 2 aromatic rings. The van der Waals surface area contributed by atoms with Gasteiger partial charge in [0.05, 0.1) is 11.3 Å². The van der Waals surface area contributed by atoms with Crippen LogP contribution in [0.25, 0.3) is 11.6 Å². The Morgan fingerprint density at radius 2 is 1.40 bits per heavy atom. The van der Waals surface area contributed by atoms with E-state index in [9.17, 15) is 24.3 Å². The molecule has 0 aromatic heterocycles. The highest BCUT2D eigenvalue weighted by Gasteiger charge is 2.21. The van der Waals surface area contributed by atoms with Gasteiger partial charge in [-0.2, -0.15) is 0 Å². The number of aliphatic carboxylic acids is 1. The summed E-state index contributed by atoms with van der Waals surface area (Å²) in [4.78, 5) is 53.3. The van der Waals surface area contributed by atoms with E-state index in [0.29, 0.717) is 29.9 Å². The Kier molecular flexibility index (Phi) is 10.1. The molecule has 11 heteroatoms. The summed E-state index contributed by atoms with van der Waals surface area (Å²) in [5.41, 5.74) is 0.308. The monoisotopic (exact) mass is 591 g/mol. The first kappa shape index (κ1) is 32.6. The summed E-state index contributed by atoms with van der Waals surface area (Å²) in [5, 5.41) is 15.9. The number of aliphatic imine (C=N–C) groups is 1. The van der Waals surface area contributed by atoms with Crippen LogP contribution in [-0.2, 0) is 14.3 Å². The molecule has 0 fully saturated rings. The number of ether oxygens (including phenoxy) is 3. The van der Waals surface area contributed by atoms with Gasteiger partial charge in [0, 0.05) is 5.57 Å². The van der Waals surface area contributed by atoms with Crippen LogP contribution >= 0.6 is 0 Å². The number of hydrogen-bond acceptors (Lipinski definition) is 8. The molecule has 0 aliphatic heterocycles. The number of guanidine groups is 1. The summed E-state index contributed by atoms with van der Waals surface area (Å²) in [6.07, 6.45) is 2.65. The van der Waals surface area contributed by atoms with Crippen LogP contribution in [0.2, 0.25) is 0 Å². The first-order valence-electron chi connectivity index (χ1n) is 13.6. The van der Waals surface area contributed by atoms with E-state index in [4.69, 9.17) is 14.2 Å². The number of carbonyl (C=O) groups excluding carboxylic acids is 3. The molecule has 0 atom stereocenters. The quantitative estimate of drug-likeness (QED) is 0.200. The lowest BCUT2D eigenvalue weighted by Crippen LogP contribution is -2.47. The first-order valence-corrected chi connectivity index (χ1v) is 13.6. The summed E-state index contributed by atoms with van der Waals surface area (Å²) < 4.78 is 16.1. The van der Waals surface area contributed by atoms with Gasteiger partial charge in [-0.15, -0.1) is 0 Å². The third-order valence-corrected chi connectivity index (χ3v) is 5.78. The molecule has 0 saturated heterocycles. The zero-order valence-electron chi connectivity index (χ0n) is 25.4. The van der Waals surface area contributed by atoms with Crippen LogP contribution < -0.4 is 25.8 Å². The van der Waals surface area contributed by atoms with Gasteiger partial charge >= 0.3 is 24.1 Å². The highest BCUT2D eigenvalue weighted by atomic mass is 16.6. The van der Waals surface area contributed by atoms with Gasteiger partial charge in [-0.05, 0) is 108 Å². The highest BCUT2D eigenvalue weighted by molar-refractivity contribution is 6.02. The normalized spacial score (nSPS) is 13.1. The SMILES string of the molecule is CC1=c2ccc(OC(=O)c3ccc(N=C(NC(=O)OC(C)(C)C)NC(=O)OC(C)(C)C)cc3)cc2=CC=C(C(=O)O)CC1. The molecule has 3 N–H and O–H groups in total. The summed E-state index contributed by atoms with van der Waals surface area (Å²) >= 11 is 0. The number of carbonyl (C=O) groups is 4. The van der Waals surface area contributed by atoms with E-state index in [1.54, 1.807) is 65.8 Å². The minimum Gasteiger partial charge on any atom is -0.478 e. The molecule has 3 rings (SSSR count). The molecule has 0 radical (unpaired) electrons. The molecule has 43 heavy (non-hydrogen) atoms. The van der Waals surface area contributed by atoms with Gasteiger partial charge in [0.25, 0.3) is 0 Å². The predicted octanol–water partition coefficient (Wildman–Crippen LogP) is 4.70. The van der Waals surface area contributed by atoms with E-state index in [2.05, 4.69) is 15.6 Å². The van der Waals surface area contributed by atoms with Crippen molar-refractivity contribution in [2.24, 2.45) is 4.99 Å². The number of allylic oxidation sites excluding steroid dienone is 1. The third-order valence-electron chi connectivity index (χ3n) is 5.78. The number of nitrogens with zero attached hydrogens (tertiary/aromatic N) is 1. The zero-order valence-corrected chi connectivity index (χ0v) is 25.4. The van der Waals surface area contributed by atoms with E-state index < -0.39 is 35.3 Å². The van der Waals surface area contributed by atoms with E-state index >= 15 is 0 Å². The van der Waals surface area contributed by atoms with Crippen LogP contribution in [0.3, 0.4) is 0 Å². The van der Waals surface area contributed by atoms with Gasteiger partial charge in [-0.3, -0.25) is 10.6 Å². The average Bonchev–Trinajstić information content (AvgIpc) is 2.85. The molecular formula is C32H37N3O8. The lowest BCUT2D eigenvalue weighted by molar-refractivity contribution is -0.132. The minimum absolute atomic E-state index is 0.229. The molecule has 228 valence electrons. The number of alkyl carbamates (subject to hydrolysis) is 2. The third kappa shape index (κ3) is 10.4. The molecule has 11 nitrogen and oxygen atoms in total. The number of carboxylic acid groups (broad SMARTS) is 1. The van der Waals surface area contributed by atoms with Crippen molar-refractivity contribution in [3.05, 3.63) is 70.1 Å². The van der Waals surface area contributed by atoms with Crippen molar-refractivity contribution in [3.8, 4) is 5.75 Å². The standard InChI is InChI=1S/C32H37N3O8/c1-19-8-9-20(26(36)37)10-11-22-18-24(16-17-25(19)22)41-27(38)21-12-14-23(15-13-21)33-28(34-29(39)42-31(2,3)4)35-30(40)43-32(5,6)7/h10-18H,8-9H2,1-7H3,(H,36,37)(H2,33,34,35,39,40). The average molecular weight is 592 g/mol. The number of carboxylic acids is 1. The zero-order chi connectivity index (χ0) is 31.9. The lowest BCUT2D eigenvalue weighted by Gasteiger charge is -2.22. The van der Waals surface area contributed by atoms with Crippen molar-refractivity contribution in [1.29, 1.82) is 0 Å². The van der Waals surface area contributed by atoms with Crippen molar-refractivity contribution in [3.63, 3.8) is 0 Å². The van der Waals surface area contributed by atoms with Gasteiger partial charge in [0.2, 0.25) is 5.96 Å². The van der Waals surface area contributed by atoms with Crippen molar-refractivity contribution < 1.29 is 38.5 Å². The fourth-order valence-corrected chi connectivity index (χ4v) is 3.89. The Morgan fingerprint density at radius 1 is 0.814 bits per heavy atom. The smallest absolute Gasteiger partial charge is 0.414 e. The number of benzene rings is 2. The Balaban J connectivity index is 1.81. The van der Waals surface area contributed by atoms with Gasteiger partial charge in [-0.1, -0.05) is 23.8 Å².